The van der Waals surface area contributed by atoms with E-state index in [4.69, 9.17) is 0 Å². The molecule has 0 amide bonds. The highest BCUT2D eigenvalue weighted by atomic mass is 16.6. The fraction of sp³-hybridized carbons (Fsp3) is 0.333. The van der Waals surface area contributed by atoms with E-state index in [1.54, 1.807) is 12.1 Å². The molecule has 1 aromatic carbocycles. The van der Waals surface area contributed by atoms with Gasteiger partial charge in [-0.1, -0.05) is 18.6 Å². The molecule has 12 heavy (non-hydrogen) atoms. The average Bonchev–Trinajstić information content (AvgIpc) is 2.03. The van der Waals surface area contributed by atoms with Crippen molar-refractivity contribution in [3.8, 4) is 0 Å². The van der Waals surface area contributed by atoms with Gasteiger partial charge in [0.25, 0.3) is 5.69 Å². The van der Waals surface area contributed by atoms with Crippen LogP contribution in [0.4, 0.5) is 5.69 Å². The summed E-state index contributed by atoms with van der Waals surface area (Å²) in [4.78, 5) is 10.2. The lowest BCUT2D eigenvalue weighted by molar-refractivity contribution is -0.385. The van der Waals surface area contributed by atoms with E-state index in [-0.39, 0.29) is 10.6 Å². The number of hydrogen-bond donors (Lipinski definition) is 0. The van der Waals surface area contributed by atoms with E-state index in [1.807, 2.05) is 19.9 Å². The Hall–Kier alpha value is -1.38. The van der Waals surface area contributed by atoms with E-state index in [2.05, 4.69) is 0 Å². The summed E-state index contributed by atoms with van der Waals surface area (Å²) in [5.41, 5.74) is 2.10. The summed E-state index contributed by atoms with van der Waals surface area (Å²) in [7, 11) is 0. The minimum Gasteiger partial charge on any atom is -0.258 e. The number of aryl methyl sites for hydroxylation is 2. The first kappa shape index (κ1) is 8.71. The fourth-order valence-electron chi connectivity index (χ4n) is 1.18. The van der Waals surface area contributed by atoms with Gasteiger partial charge in [-0.05, 0) is 19.4 Å². The molecule has 0 atom stereocenters. The van der Waals surface area contributed by atoms with Crippen molar-refractivity contribution in [2.24, 2.45) is 0 Å². The molecule has 3 heteroatoms. The third-order valence-corrected chi connectivity index (χ3v) is 1.81. The molecule has 0 heterocycles. The van der Waals surface area contributed by atoms with Crippen molar-refractivity contribution in [1.82, 2.24) is 0 Å². The predicted molar refractivity (Wildman–Crippen MR) is 47.2 cm³/mol. The van der Waals surface area contributed by atoms with E-state index in [1.165, 1.54) is 0 Å². The van der Waals surface area contributed by atoms with Crippen LogP contribution in [0.2, 0.25) is 0 Å². The van der Waals surface area contributed by atoms with Gasteiger partial charge in [0.2, 0.25) is 0 Å². The predicted octanol–water partition coefficient (Wildman–Crippen LogP) is 2.47. The number of nitro benzene ring substituents is 1. The first-order valence-corrected chi connectivity index (χ1v) is 3.89. The molecule has 0 saturated heterocycles. The van der Waals surface area contributed by atoms with E-state index < -0.39 is 0 Å². The number of hydrogen-bond acceptors (Lipinski definition) is 2. The van der Waals surface area contributed by atoms with Crippen molar-refractivity contribution in [1.29, 1.82) is 0 Å². The highest BCUT2D eigenvalue weighted by Crippen LogP contribution is 2.19. The molecule has 0 aliphatic heterocycles. The summed E-state index contributed by atoms with van der Waals surface area (Å²) in [6, 6.07) is 5.18. The molecule has 1 aromatic rings. The van der Waals surface area contributed by atoms with Crippen LogP contribution in [0.1, 0.15) is 18.1 Å². The van der Waals surface area contributed by atoms with E-state index in [0.29, 0.717) is 6.42 Å². The van der Waals surface area contributed by atoms with Gasteiger partial charge in [-0.15, -0.1) is 0 Å². The molecule has 0 spiro atoms. The van der Waals surface area contributed by atoms with Gasteiger partial charge >= 0.3 is 0 Å². The van der Waals surface area contributed by atoms with Crippen LogP contribution < -0.4 is 0 Å². The molecule has 0 aliphatic carbocycles. The molecule has 0 N–H and O–H groups in total. The minimum atomic E-state index is -0.335. The Balaban J connectivity index is 3.20. The Bertz CT molecular complexity index is 307. The summed E-state index contributed by atoms with van der Waals surface area (Å²) in [6.07, 6.45) is 0.706. The maximum absolute atomic E-state index is 10.5. The van der Waals surface area contributed by atoms with Crippen LogP contribution in [0.15, 0.2) is 18.2 Å². The fourth-order valence-corrected chi connectivity index (χ4v) is 1.18. The highest BCUT2D eigenvalue weighted by Gasteiger charge is 2.10. The number of nitro groups is 1. The van der Waals surface area contributed by atoms with Gasteiger partial charge in [0.1, 0.15) is 0 Å². The second kappa shape index (κ2) is 3.34. The topological polar surface area (TPSA) is 43.1 Å². The van der Waals surface area contributed by atoms with Crippen LogP contribution >= 0.6 is 0 Å². The van der Waals surface area contributed by atoms with Gasteiger partial charge in [0.05, 0.1) is 4.92 Å². The van der Waals surface area contributed by atoms with Crippen molar-refractivity contribution in [2.45, 2.75) is 20.3 Å². The summed E-state index contributed by atoms with van der Waals surface area (Å²) >= 11 is 0. The molecule has 0 bridgehead atoms. The number of nitrogens with zero attached hydrogens (tertiary/aromatic N) is 1. The van der Waals surface area contributed by atoms with Gasteiger partial charge in [0, 0.05) is 11.6 Å². The SMILES string of the molecule is CCc1cc(C)ccc1[N+](=O)[O-]. The van der Waals surface area contributed by atoms with Crippen LogP contribution in [0.5, 0.6) is 0 Å². The van der Waals surface area contributed by atoms with Gasteiger partial charge in [-0.3, -0.25) is 10.1 Å². The molecule has 0 radical (unpaired) electrons. The van der Waals surface area contributed by atoms with Crippen LogP contribution in [0.3, 0.4) is 0 Å². The van der Waals surface area contributed by atoms with E-state index in [0.717, 1.165) is 11.1 Å². The second-order valence-electron chi connectivity index (χ2n) is 2.74. The Morgan fingerprint density at radius 3 is 2.67 bits per heavy atom. The molecular weight excluding hydrogens is 154 g/mol. The monoisotopic (exact) mass is 165 g/mol. The zero-order valence-corrected chi connectivity index (χ0v) is 7.20. The maximum atomic E-state index is 10.5. The molecule has 0 unspecified atom stereocenters. The quantitative estimate of drug-likeness (QED) is 0.499. The Morgan fingerprint density at radius 2 is 2.17 bits per heavy atom. The van der Waals surface area contributed by atoms with E-state index in [9.17, 15) is 10.1 Å². The van der Waals surface area contributed by atoms with Crippen molar-refractivity contribution in [2.75, 3.05) is 0 Å². The average molecular weight is 165 g/mol. The van der Waals surface area contributed by atoms with Gasteiger partial charge in [0.15, 0.2) is 0 Å². The third-order valence-electron chi connectivity index (χ3n) is 1.81. The summed E-state index contributed by atoms with van der Waals surface area (Å²) in [6.45, 7) is 3.85. The standard InChI is InChI=1S/C9H11NO2/c1-3-8-6-7(2)4-5-9(8)10(11)12/h4-6H,3H2,1-2H3. The first-order chi connectivity index (χ1) is 5.65. The lowest BCUT2D eigenvalue weighted by Crippen LogP contribution is -1.94. The highest BCUT2D eigenvalue weighted by molar-refractivity contribution is 5.42. The van der Waals surface area contributed by atoms with Gasteiger partial charge < -0.3 is 0 Å². The zero-order chi connectivity index (χ0) is 9.14. The van der Waals surface area contributed by atoms with Crippen molar-refractivity contribution in [3.05, 3.63) is 39.4 Å². The second-order valence-corrected chi connectivity index (χ2v) is 2.74. The molecule has 64 valence electrons. The summed E-state index contributed by atoms with van der Waals surface area (Å²) < 4.78 is 0. The zero-order valence-electron chi connectivity index (χ0n) is 7.20. The molecule has 0 aliphatic rings. The molecule has 0 aromatic heterocycles. The molecular formula is C9H11NO2. The summed E-state index contributed by atoms with van der Waals surface area (Å²) in [5.74, 6) is 0. The molecule has 1 rings (SSSR count). The molecule has 0 fully saturated rings. The van der Waals surface area contributed by atoms with E-state index >= 15 is 0 Å². The Kier molecular flexibility index (Phi) is 2.43. The van der Waals surface area contributed by atoms with Crippen LogP contribution in [0, 0.1) is 17.0 Å². The van der Waals surface area contributed by atoms with Crippen molar-refractivity contribution < 1.29 is 4.92 Å². The van der Waals surface area contributed by atoms with Crippen molar-refractivity contribution in [3.63, 3.8) is 0 Å². The first-order valence-electron chi connectivity index (χ1n) is 3.89. The number of rotatable bonds is 2. The lowest BCUT2D eigenvalue weighted by atomic mass is 10.1. The van der Waals surface area contributed by atoms with Crippen LogP contribution in [-0.4, -0.2) is 4.92 Å². The maximum Gasteiger partial charge on any atom is 0.272 e. The lowest BCUT2D eigenvalue weighted by Gasteiger charge is -1.99. The Morgan fingerprint density at radius 1 is 1.50 bits per heavy atom. The number of benzene rings is 1. The van der Waals surface area contributed by atoms with Gasteiger partial charge in [-0.2, -0.15) is 0 Å². The van der Waals surface area contributed by atoms with Crippen LogP contribution in [-0.2, 0) is 6.42 Å². The molecule has 0 saturated carbocycles. The summed E-state index contributed by atoms with van der Waals surface area (Å²) in [5, 5.41) is 10.5. The molecule has 3 nitrogen and oxygen atoms in total. The van der Waals surface area contributed by atoms with Gasteiger partial charge in [-0.25, -0.2) is 0 Å². The largest absolute Gasteiger partial charge is 0.272 e. The minimum absolute atomic E-state index is 0.225. The van der Waals surface area contributed by atoms with Crippen molar-refractivity contribution >= 4 is 5.69 Å². The smallest absolute Gasteiger partial charge is 0.258 e. The Labute approximate surface area is 71.2 Å². The third kappa shape index (κ3) is 1.61. The van der Waals surface area contributed by atoms with Crippen LogP contribution in [0.25, 0.3) is 0 Å². The normalized spacial score (nSPS) is 9.83.